The zero-order valence-electron chi connectivity index (χ0n) is 12.0. The summed E-state index contributed by atoms with van der Waals surface area (Å²) in [6.45, 7) is 2.50. The zero-order valence-corrected chi connectivity index (χ0v) is 12.0. The SMILES string of the molecule is Cc1nc(N2CC3C(C2)C3(F)F)ccc1C(O)c1ccco1. The Hall–Kier alpha value is -1.95. The number of nitrogens with zero attached hydrogens (tertiary/aromatic N) is 2. The first-order valence-corrected chi connectivity index (χ1v) is 7.30. The first-order valence-electron chi connectivity index (χ1n) is 7.30. The molecule has 0 aromatic carbocycles. The number of halogens is 2. The number of piperidine rings is 1. The minimum absolute atomic E-state index is 0.351. The summed E-state index contributed by atoms with van der Waals surface area (Å²) < 4.78 is 31.7. The number of aliphatic hydroxyl groups is 1. The minimum atomic E-state index is -2.49. The van der Waals surface area contributed by atoms with Crippen LogP contribution in [0.2, 0.25) is 0 Å². The van der Waals surface area contributed by atoms with Gasteiger partial charge in [-0.1, -0.05) is 6.07 Å². The van der Waals surface area contributed by atoms with Gasteiger partial charge in [-0.3, -0.25) is 0 Å². The number of aryl methyl sites for hydroxylation is 1. The van der Waals surface area contributed by atoms with Crippen LogP contribution in [0, 0.1) is 18.8 Å². The van der Waals surface area contributed by atoms with Gasteiger partial charge in [-0.2, -0.15) is 0 Å². The van der Waals surface area contributed by atoms with E-state index in [1.54, 1.807) is 31.2 Å². The molecule has 1 saturated carbocycles. The van der Waals surface area contributed by atoms with E-state index in [1.807, 2.05) is 4.90 Å². The number of anilines is 1. The lowest BCUT2D eigenvalue weighted by Gasteiger charge is -2.22. The molecule has 1 aliphatic carbocycles. The molecule has 6 heteroatoms. The second-order valence-corrected chi connectivity index (χ2v) is 6.05. The minimum Gasteiger partial charge on any atom is -0.466 e. The van der Waals surface area contributed by atoms with E-state index in [0.717, 1.165) is 0 Å². The standard InChI is InChI=1S/C16H16F2N2O2/c1-9-10(15(21)13-3-2-6-22-13)4-5-14(19-9)20-7-11-12(8-20)16(11,17)18/h2-6,11-12,15,21H,7-8H2,1H3. The second kappa shape index (κ2) is 4.52. The van der Waals surface area contributed by atoms with E-state index in [1.165, 1.54) is 6.26 Å². The van der Waals surface area contributed by atoms with Crippen molar-refractivity contribution in [1.82, 2.24) is 4.98 Å². The fraction of sp³-hybridized carbons (Fsp3) is 0.438. The number of pyridine rings is 1. The van der Waals surface area contributed by atoms with Crippen LogP contribution in [0.5, 0.6) is 0 Å². The molecule has 1 N–H and O–H groups in total. The van der Waals surface area contributed by atoms with Gasteiger partial charge in [0, 0.05) is 24.3 Å². The summed E-state index contributed by atoms with van der Waals surface area (Å²) >= 11 is 0. The normalized spacial score (nSPS) is 26.8. The summed E-state index contributed by atoms with van der Waals surface area (Å²) in [7, 11) is 0. The Bertz CT molecular complexity index is 688. The smallest absolute Gasteiger partial charge is 0.258 e. The monoisotopic (exact) mass is 306 g/mol. The summed E-state index contributed by atoms with van der Waals surface area (Å²) in [5, 5.41) is 10.3. The van der Waals surface area contributed by atoms with E-state index in [-0.39, 0.29) is 0 Å². The quantitative estimate of drug-likeness (QED) is 0.947. The summed E-state index contributed by atoms with van der Waals surface area (Å²) in [6, 6.07) is 6.98. The molecule has 0 spiro atoms. The summed E-state index contributed by atoms with van der Waals surface area (Å²) in [6.07, 6.45) is 0.639. The number of rotatable bonds is 3. The van der Waals surface area contributed by atoms with Crippen molar-refractivity contribution in [3.8, 4) is 0 Å². The Morgan fingerprint density at radius 1 is 1.32 bits per heavy atom. The molecule has 116 valence electrons. The van der Waals surface area contributed by atoms with E-state index in [0.29, 0.717) is 35.9 Å². The third-order valence-electron chi connectivity index (χ3n) is 4.74. The molecule has 0 radical (unpaired) electrons. The lowest BCUT2D eigenvalue weighted by atomic mass is 10.1. The topological polar surface area (TPSA) is 49.5 Å². The maximum atomic E-state index is 13.2. The van der Waals surface area contributed by atoms with Crippen LogP contribution in [0.4, 0.5) is 14.6 Å². The van der Waals surface area contributed by atoms with Crippen LogP contribution in [0.3, 0.4) is 0 Å². The van der Waals surface area contributed by atoms with Crippen molar-refractivity contribution in [2.75, 3.05) is 18.0 Å². The predicted molar refractivity (Wildman–Crippen MR) is 75.9 cm³/mol. The van der Waals surface area contributed by atoms with Crippen LogP contribution in [-0.4, -0.2) is 29.1 Å². The van der Waals surface area contributed by atoms with Gasteiger partial charge in [0.05, 0.1) is 18.1 Å². The predicted octanol–water partition coefficient (Wildman–Crippen LogP) is 2.77. The van der Waals surface area contributed by atoms with Gasteiger partial charge in [-0.05, 0) is 25.1 Å². The van der Waals surface area contributed by atoms with Gasteiger partial charge < -0.3 is 14.4 Å². The first kappa shape index (κ1) is 13.7. The highest BCUT2D eigenvalue weighted by Crippen LogP contribution is 2.59. The van der Waals surface area contributed by atoms with Gasteiger partial charge in [0.15, 0.2) is 0 Å². The molecule has 3 unspecified atom stereocenters. The maximum absolute atomic E-state index is 13.2. The molecule has 3 atom stereocenters. The Labute approximate surface area is 126 Å². The second-order valence-electron chi connectivity index (χ2n) is 6.05. The molecule has 4 nitrogen and oxygen atoms in total. The number of aromatic nitrogens is 1. The van der Waals surface area contributed by atoms with Gasteiger partial charge in [0.2, 0.25) is 0 Å². The molecule has 4 rings (SSSR count). The molecule has 1 aliphatic heterocycles. The Morgan fingerprint density at radius 3 is 2.64 bits per heavy atom. The van der Waals surface area contributed by atoms with Crippen molar-refractivity contribution in [3.05, 3.63) is 47.5 Å². The summed E-state index contributed by atoms with van der Waals surface area (Å²) in [4.78, 5) is 6.36. The highest BCUT2D eigenvalue weighted by molar-refractivity contribution is 5.46. The molecule has 2 aromatic rings. The van der Waals surface area contributed by atoms with E-state index < -0.39 is 23.9 Å². The third kappa shape index (κ3) is 1.94. The van der Waals surface area contributed by atoms with Crippen LogP contribution in [0.25, 0.3) is 0 Å². The lowest BCUT2D eigenvalue weighted by molar-refractivity contribution is 0.0797. The molecule has 2 aliphatic rings. The van der Waals surface area contributed by atoms with E-state index in [4.69, 9.17) is 4.42 Å². The maximum Gasteiger partial charge on any atom is 0.258 e. The fourth-order valence-electron chi connectivity index (χ4n) is 3.32. The van der Waals surface area contributed by atoms with E-state index >= 15 is 0 Å². The number of fused-ring (bicyclic) bond motifs is 1. The van der Waals surface area contributed by atoms with Crippen LogP contribution >= 0.6 is 0 Å². The number of alkyl halides is 2. The van der Waals surface area contributed by atoms with Crippen molar-refractivity contribution in [2.24, 2.45) is 11.8 Å². The van der Waals surface area contributed by atoms with Gasteiger partial charge in [-0.25, -0.2) is 13.8 Å². The lowest BCUT2D eigenvalue weighted by Crippen LogP contribution is -2.28. The summed E-state index contributed by atoms with van der Waals surface area (Å²) in [5.74, 6) is -2.39. The highest BCUT2D eigenvalue weighted by Gasteiger charge is 2.71. The average Bonchev–Trinajstić information content (AvgIpc) is 2.99. The Balaban J connectivity index is 1.54. The largest absolute Gasteiger partial charge is 0.466 e. The van der Waals surface area contributed by atoms with E-state index in [2.05, 4.69) is 4.98 Å². The number of aliphatic hydroxyl groups excluding tert-OH is 1. The van der Waals surface area contributed by atoms with E-state index in [9.17, 15) is 13.9 Å². The Morgan fingerprint density at radius 2 is 2.05 bits per heavy atom. The molecular weight excluding hydrogens is 290 g/mol. The molecule has 2 fully saturated rings. The number of hydrogen-bond acceptors (Lipinski definition) is 4. The fourth-order valence-corrected chi connectivity index (χ4v) is 3.32. The van der Waals surface area contributed by atoms with Crippen molar-refractivity contribution < 1.29 is 18.3 Å². The molecule has 3 heterocycles. The van der Waals surface area contributed by atoms with Gasteiger partial charge >= 0.3 is 0 Å². The van der Waals surface area contributed by atoms with Crippen LogP contribution in [0.1, 0.15) is 23.1 Å². The summed E-state index contributed by atoms with van der Waals surface area (Å²) in [5.41, 5.74) is 1.34. The molecule has 2 aromatic heterocycles. The van der Waals surface area contributed by atoms with Crippen molar-refractivity contribution in [2.45, 2.75) is 19.0 Å². The van der Waals surface area contributed by atoms with Gasteiger partial charge in [0.25, 0.3) is 5.92 Å². The third-order valence-corrected chi connectivity index (χ3v) is 4.74. The molecule has 1 saturated heterocycles. The van der Waals surface area contributed by atoms with Gasteiger partial charge in [-0.15, -0.1) is 0 Å². The van der Waals surface area contributed by atoms with Crippen LogP contribution in [0.15, 0.2) is 34.9 Å². The molecular formula is C16H16F2N2O2. The molecule has 22 heavy (non-hydrogen) atoms. The van der Waals surface area contributed by atoms with Crippen molar-refractivity contribution >= 4 is 5.82 Å². The molecule has 0 amide bonds. The highest BCUT2D eigenvalue weighted by atomic mass is 19.3. The average molecular weight is 306 g/mol. The molecule has 0 bridgehead atoms. The van der Waals surface area contributed by atoms with Crippen molar-refractivity contribution in [1.29, 1.82) is 0 Å². The van der Waals surface area contributed by atoms with Crippen molar-refractivity contribution in [3.63, 3.8) is 0 Å². The number of furan rings is 1. The van der Waals surface area contributed by atoms with Crippen LogP contribution < -0.4 is 4.90 Å². The first-order chi connectivity index (χ1) is 10.5. The van der Waals surface area contributed by atoms with Crippen LogP contribution in [-0.2, 0) is 0 Å². The zero-order chi connectivity index (χ0) is 15.5. The van der Waals surface area contributed by atoms with Gasteiger partial charge in [0.1, 0.15) is 17.7 Å². The Kier molecular flexibility index (Phi) is 2.81. The number of hydrogen-bond donors (Lipinski definition) is 1.